The topological polar surface area (TPSA) is 59.1 Å². The number of anilines is 1. The lowest BCUT2D eigenvalue weighted by Gasteiger charge is -2.20. The number of hydrogen-bond donors (Lipinski definition) is 0. The molecule has 156 valence electrons. The third kappa shape index (κ3) is 3.65. The van der Waals surface area contributed by atoms with Gasteiger partial charge in [0.25, 0.3) is 11.8 Å². The second-order valence-electron chi connectivity index (χ2n) is 7.25. The molecule has 2 aromatic rings. The van der Waals surface area contributed by atoms with Gasteiger partial charge in [-0.05, 0) is 56.5 Å². The Bertz CT molecular complexity index is 975. The lowest BCUT2D eigenvalue weighted by Crippen LogP contribution is -2.34. The minimum atomic E-state index is -0.306. The summed E-state index contributed by atoms with van der Waals surface area (Å²) >= 11 is 0. The van der Waals surface area contributed by atoms with Gasteiger partial charge in [-0.2, -0.15) is 0 Å². The van der Waals surface area contributed by atoms with Gasteiger partial charge in [0.1, 0.15) is 17.2 Å². The van der Waals surface area contributed by atoms with Crippen LogP contribution < -0.4 is 14.4 Å². The van der Waals surface area contributed by atoms with E-state index in [1.54, 1.807) is 18.2 Å². The van der Waals surface area contributed by atoms with Crippen LogP contribution in [-0.2, 0) is 9.59 Å². The summed E-state index contributed by atoms with van der Waals surface area (Å²) < 4.78 is 11.1. The number of ether oxygens (including phenoxy) is 2. The van der Waals surface area contributed by atoms with E-state index in [2.05, 4.69) is 0 Å². The first-order valence-electron chi connectivity index (χ1n) is 10.5. The third-order valence-corrected chi connectivity index (χ3v) is 5.32. The molecule has 2 aromatic carbocycles. The van der Waals surface area contributed by atoms with Gasteiger partial charge in [-0.25, -0.2) is 4.90 Å². The Balaban J connectivity index is 1.75. The zero-order valence-corrected chi connectivity index (χ0v) is 17.4. The van der Waals surface area contributed by atoms with Crippen molar-refractivity contribution in [3.05, 3.63) is 59.8 Å². The predicted octanol–water partition coefficient (Wildman–Crippen LogP) is 3.86. The zero-order valence-electron chi connectivity index (χ0n) is 17.4. The smallest absolute Gasteiger partial charge is 0.282 e. The number of imide groups is 1. The summed E-state index contributed by atoms with van der Waals surface area (Å²) in [4.78, 5) is 30.3. The molecule has 0 N–H and O–H groups in total. The van der Waals surface area contributed by atoms with Crippen molar-refractivity contribution in [2.24, 2.45) is 0 Å². The molecule has 0 unspecified atom stereocenters. The Kier molecular flexibility index (Phi) is 5.74. The van der Waals surface area contributed by atoms with Gasteiger partial charge in [-0.3, -0.25) is 9.59 Å². The summed E-state index contributed by atoms with van der Waals surface area (Å²) in [5, 5.41) is 0. The summed E-state index contributed by atoms with van der Waals surface area (Å²) in [6.07, 6.45) is 2.03. The van der Waals surface area contributed by atoms with Crippen molar-refractivity contribution in [1.29, 1.82) is 0 Å². The number of carbonyl (C=O) groups is 2. The maximum atomic E-state index is 13.5. The highest BCUT2D eigenvalue weighted by Crippen LogP contribution is 2.37. The van der Waals surface area contributed by atoms with Crippen molar-refractivity contribution in [3.8, 4) is 11.5 Å². The number of hydrogen-bond acceptors (Lipinski definition) is 5. The summed E-state index contributed by atoms with van der Waals surface area (Å²) in [7, 11) is 0. The van der Waals surface area contributed by atoms with Crippen LogP contribution in [0.4, 0.5) is 5.69 Å². The number of rotatable bonds is 7. The van der Waals surface area contributed by atoms with Crippen molar-refractivity contribution >= 4 is 23.1 Å². The summed E-state index contributed by atoms with van der Waals surface area (Å²) in [5.74, 6) is 0.787. The van der Waals surface area contributed by atoms with E-state index >= 15 is 0 Å². The number of carbonyl (C=O) groups excluding carboxylic acids is 2. The van der Waals surface area contributed by atoms with Crippen LogP contribution in [0, 0.1) is 0 Å². The summed E-state index contributed by atoms with van der Waals surface area (Å²) in [5.41, 5.74) is 2.19. The van der Waals surface area contributed by atoms with Crippen LogP contribution in [0.5, 0.6) is 11.5 Å². The van der Waals surface area contributed by atoms with E-state index in [1.165, 1.54) is 4.90 Å². The van der Waals surface area contributed by atoms with Gasteiger partial charge in [0, 0.05) is 19.2 Å². The van der Waals surface area contributed by atoms with Gasteiger partial charge in [0.2, 0.25) is 0 Å². The normalized spacial score (nSPS) is 16.6. The monoisotopic (exact) mass is 406 g/mol. The average Bonchev–Trinajstić information content (AvgIpc) is 3.35. The molecule has 0 atom stereocenters. The fourth-order valence-electron chi connectivity index (χ4n) is 4.01. The van der Waals surface area contributed by atoms with Crippen molar-refractivity contribution in [2.75, 3.05) is 31.2 Å². The highest BCUT2D eigenvalue weighted by Gasteiger charge is 2.43. The minimum absolute atomic E-state index is 0.278. The van der Waals surface area contributed by atoms with Crippen LogP contribution in [0.25, 0.3) is 5.57 Å². The Labute approximate surface area is 176 Å². The van der Waals surface area contributed by atoms with E-state index < -0.39 is 0 Å². The predicted molar refractivity (Wildman–Crippen MR) is 115 cm³/mol. The molecule has 2 aliphatic rings. The van der Waals surface area contributed by atoms with Crippen LogP contribution in [0.3, 0.4) is 0 Å². The first kappa shape index (κ1) is 20.0. The van der Waals surface area contributed by atoms with E-state index in [-0.39, 0.29) is 11.8 Å². The second kappa shape index (κ2) is 8.61. The molecule has 30 heavy (non-hydrogen) atoms. The van der Waals surface area contributed by atoms with Crippen molar-refractivity contribution < 1.29 is 19.1 Å². The quantitative estimate of drug-likeness (QED) is 0.654. The van der Waals surface area contributed by atoms with Gasteiger partial charge < -0.3 is 14.4 Å². The Morgan fingerprint density at radius 2 is 1.50 bits per heavy atom. The number of nitrogens with zero attached hydrogens (tertiary/aromatic N) is 2. The van der Waals surface area contributed by atoms with Gasteiger partial charge in [-0.15, -0.1) is 0 Å². The molecule has 0 radical (unpaired) electrons. The standard InChI is InChI=1S/C24H26N2O4/c1-3-29-19-12-10-17(11-13-19)21-22(25-14-5-6-15-25)24(28)26(23(21)27)18-8-7-9-20(16-18)30-4-2/h7-13,16H,3-6,14-15H2,1-2H3. The Hall–Kier alpha value is -3.28. The lowest BCUT2D eigenvalue weighted by molar-refractivity contribution is -0.120. The molecule has 0 aliphatic carbocycles. The molecular weight excluding hydrogens is 380 g/mol. The number of amides is 2. The van der Waals surface area contributed by atoms with Crippen LogP contribution in [0.15, 0.2) is 54.2 Å². The lowest BCUT2D eigenvalue weighted by atomic mass is 10.0. The first-order valence-corrected chi connectivity index (χ1v) is 10.5. The minimum Gasteiger partial charge on any atom is -0.494 e. The molecule has 2 aliphatic heterocycles. The van der Waals surface area contributed by atoms with E-state index in [0.717, 1.165) is 37.2 Å². The number of likely N-dealkylation sites (tertiary alicyclic amines) is 1. The molecule has 0 spiro atoms. The molecule has 1 fully saturated rings. The van der Waals surface area contributed by atoms with Gasteiger partial charge in [-0.1, -0.05) is 18.2 Å². The fraction of sp³-hybridized carbons (Fsp3) is 0.333. The second-order valence-corrected chi connectivity index (χ2v) is 7.25. The molecule has 0 saturated carbocycles. The van der Waals surface area contributed by atoms with Gasteiger partial charge >= 0.3 is 0 Å². The highest BCUT2D eigenvalue weighted by molar-refractivity contribution is 6.45. The van der Waals surface area contributed by atoms with Crippen molar-refractivity contribution in [1.82, 2.24) is 4.90 Å². The SMILES string of the molecule is CCOc1ccc(C2=C(N3CCCC3)C(=O)N(c3cccc(OCC)c3)C2=O)cc1. The van der Waals surface area contributed by atoms with Crippen LogP contribution >= 0.6 is 0 Å². The van der Waals surface area contributed by atoms with Gasteiger partial charge in [0.15, 0.2) is 0 Å². The summed E-state index contributed by atoms with van der Waals surface area (Å²) in [6, 6.07) is 14.5. The zero-order chi connectivity index (χ0) is 21.1. The van der Waals surface area contributed by atoms with Crippen LogP contribution in [-0.4, -0.2) is 43.0 Å². The van der Waals surface area contributed by atoms with E-state index in [4.69, 9.17) is 9.47 Å². The van der Waals surface area contributed by atoms with E-state index in [1.807, 2.05) is 49.1 Å². The number of benzene rings is 2. The highest BCUT2D eigenvalue weighted by atomic mass is 16.5. The molecule has 6 nitrogen and oxygen atoms in total. The maximum absolute atomic E-state index is 13.5. The average molecular weight is 406 g/mol. The third-order valence-electron chi connectivity index (χ3n) is 5.32. The maximum Gasteiger partial charge on any atom is 0.282 e. The van der Waals surface area contributed by atoms with Crippen LogP contribution in [0.2, 0.25) is 0 Å². The van der Waals surface area contributed by atoms with Crippen molar-refractivity contribution in [3.63, 3.8) is 0 Å². The Morgan fingerprint density at radius 3 is 2.17 bits per heavy atom. The fourth-order valence-corrected chi connectivity index (χ4v) is 4.01. The molecule has 2 amide bonds. The summed E-state index contributed by atoms with van der Waals surface area (Å²) in [6.45, 7) is 6.47. The Morgan fingerprint density at radius 1 is 0.833 bits per heavy atom. The van der Waals surface area contributed by atoms with Crippen LogP contribution in [0.1, 0.15) is 32.3 Å². The molecule has 6 heteroatoms. The van der Waals surface area contributed by atoms with E-state index in [9.17, 15) is 9.59 Å². The van der Waals surface area contributed by atoms with Crippen molar-refractivity contribution in [2.45, 2.75) is 26.7 Å². The van der Waals surface area contributed by atoms with Gasteiger partial charge in [0.05, 0.1) is 24.5 Å². The molecular formula is C24H26N2O4. The largest absolute Gasteiger partial charge is 0.494 e. The van der Waals surface area contributed by atoms with E-state index in [0.29, 0.717) is 35.9 Å². The first-order chi connectivity index (χ1) is 14.6. The molecule has 0 bridgehead atoms. The molecule has 0 aromatic heterocycles. The molecule has 4 rings (SSSR count). The molecule has 2 heterocycles. The molecule has 1 saturated heterocycles.